The van der Waals surface area contributed by atoms with Crippen molar-refractivity contribution in [1.29, 1.82) is 0 Å². The summed E-state index contributed by atoms with van der Waals surface area (Å²) >= 11 is 0. The van der Waals surface area contributed by atoms with E-state index in [1.165, 1.54) is 32.4 Å². The Bertz CT molecular complexity index is 807. The van der Waals surface area contributed by atoms with Crippen molar-refractivity contribution in [3.05, 3.63) is 59.2 Å². The Kier molecular flexibility index (Phi) is 5.21. The summed E-state index contributed by atoms with van der Waals surface area (Å²) in [6.07, 6.45) is 1.39. The molecule has 0 bridgehead atoms. The van der Waals surface area contributed by atoms with E-state index in [2.05, 4.69) is 0 Å². The lowest BCUT2D eigenvalue weighted by molar-refractivity contribution is -0.130. The Morgan fingerprint density at radius 3 is 2.08 bits per heavy atom. The molecule has 0 saturated heterocycles. The highest BCUT2D eigenvalue weighted by Crippen LogP contribution is 2.30. The third-order valence-electron chi connectivity index (χ3n) is 3.40. The number of carbonyl (C=O) groups is 2. The van der Waals surface area contributed by atoms with Crippen LogP contribution in [0, 0.1) is 0 Å². The molecule has 0 fully saturated rings. The Labute approximate surface area is 138 Å². The molecule has 0 aliphatic rings. The number of carboxylic acids is 2. The lowest BCUT2D eigenvalue weighted by atomic mass is 9.97. The highest BCUT2D eigenvalue weighted by molar-refractivity contribution is 6.22. The molecule has 2 N–H and O–H groups in total. The van der Waals surface area contributed by atoms with Crippen LogP contribution < -0.4 is 9.47 Å². The van der Waals surface area contributed by atoms with Gasteiger partial charge in [0.15, 0.2) is 11.5 Å². The van der Waals surface area contributed by atoms with Crippen molar-refractivity contribution in [2.24, 2.45) is 0 Å². The van der Waals surface area contributed by atoms with Crippen LogP contribution in [0.25, 0.3) is 11.6 Å². The van der Waals surface area contributed by atoms with Gasteiger partial charge in [-0.3, -0.25) is 0 Å². The molecule has 124 valence electrons. The monoisotopic (exact) mass is 328 g/mol. The summed E-state index contributed by atoms with van der Waals surface area (Å²) in [5.74, 6) is -1.46. The third-order valence-corrected chi connectivity index (χ3v) is 3.40. The van der Waals surface area contributed by atoms with Crippen LogP contribution in [-0.2, 0) is 4.79 Å². The molecule has 6 nitrogen and oxygen atoms in total. The number of hydrogen-bond donors (Lipinski definition) is 2. The molecule has 0 unspecified atom stereocenters. The van der Waals surface area contributed by atoms with E-state index in [0.29, 0.717) is 17.1 Å². The second-order valence-corrected chi connectivity index (χ2v) is 4.83. The van der Waals surface area contributed by atoms with Gasteiger partial charge >= 0.3 is 11.9 Å². The second kappa shape index (κ2) is 7.32. The maximum absolute atomic E-state index is 11.6. The van der Waals surface area contributed by atoms with Crippen molar-refractivity contribution in [3.8, 4) is 11.5 Å². The molecule has 2 aromatic carbocycles. The highest BCUT2D eigenvalue weighted by Gasteiger charge is 2.18. The minimum atomic E-state index is -1.22. The zero-order chi connectivity index (χ0) is 17.7. The molecule has 0 saturated carbocycles. The quantitative estimate of drug-likeness (QED) is 0.625. The van der Waals surface area contributed by atoms with Gasteiger partial charge in [0.2, 0.25) is 0 Å². The molecule has 0 atom stereocenters. The first kappa shape index (κ1) is 17.1. The predicted octanol–water partition coefficient (Wildman–Crippen LogP) is 3.03. The molecule has 0 amide bonds. The summed E-state index contributed by atoms with van der Waals surface area (Å²) in [6, 6.07) is 10.9. The van der Waals surface area contributed by atoms with Gasteiger partial charge in [-0.2, -0.15) is 0 Å². The van der Waals surface area contributed by atoms with Gasteiger partial charge in [-0.15, -0.1) is 0 Å². The molecule has 2 rings (SSSR count). The number of aromatic carboxylic acids is 1. The maximum Gasteiger partial charge on any atom is 0.336 e. The first-order valence-corrected chi connectivity index (χ1v) is 6.97. The molecular weight excluding hydrogens is 312 g/mol. The van der Waals surface area contributed by atoms with Gasteiger partial charge < -0.3 is 19.7 Å². The largest absolute Gasteiger partial charge is 0.493 e. The van der Waals surface area contributed by atoms with Gasteiger partial charge in [0.25, 0.3) is 0 Å². The smallest absolute Gasteiger partial charge is 0.336 e. The number of ether oxygens (including phenoxy) is 2. The predicted molar refractivity (Wildman–Crippen MR) is 88.5 cm³/mol. The Balaban J connectivity index is 2.59. The number of aliphatic carboxylic acids is 1. The Morgan fingerprint density at radius 1 is 0.917 bits per heavy atom. The zero-order valence-electron chi connectivity index (χ0n) is 13.1. The van der Waals surface area contributed by atoms with E-state index in [1.807, 2.05) is 0 Å². The fourth-order valence-corrected chi connectivity index (χ4v) is 2.27. The molecule has 0 heterocycles. The van der Waals surface area contributed by atoms with Gasteiger partial charge in [-0.05, 0) is 29.8 Å². The van der Waals surface area contributed by atoms with Gasteiger partial charge in [0.1, 0.15) is 0 Å². The molecule has 6 heteroatoms. The topological polar surface area (TPSA) is 93.1 Å². The number of rotatable bonds is 6. The van der Waals surface area contributed by atoms with Crippen LogP contribution >= 0.6 is 0 Å². The SMILES string of the molecule is COc1ccc(/C=C(\C(=O)O)c2ccccc2C(=O)O)cc1OC. The van der Waals surface area contributed by atoms with Crippen LogP contribution in [0.15, 0.2) is 42.5 Å². The van der Waals surface area contributed by atoms with Crippen molar-refractivity contribution in [3.63, 3.8) is 0 Å². The fourth-order valence-electron chi connectivity index (χ4n) is 2.27. The van der Waals surface area contributed by atoms with Crippen LogP contribution in [0.4, 0.5) is 0 Å². The van der Waals surface area contributed by atoms with Crippen molar-refractivity contribution in [2.75, 3.05) is 14.2 Å². The number of benzene rings is 2. The summed E-state index contributed by atoms with van der Waals surface area (Å²) in [4.78, 5) is 23.0. The lowest BCUT2D eigenvalue weighted by Gasteiger charge is -2.10. The number of hydrogen-bond acceptors (Lipinski definition) is 4. The van der Waals surface area contributed by atoms with E-state index in [1.54, 1.807) is 30.3 Å². The van der Waals surface area contributed by atoms with E-state index in [-0.39, 0.29) is 16.7 Å². The summed E-state index contributed by atoms with van der Waals surface area (Å²) < 4.78 is 10.3. The molecular formula is C18H16O6. The van der Waals surface area contributed by atoms with E-state index >= 15 is 0 Å². The molecule has 0 aromatic heterocycles. The fraction of sp³-hybridized carbons (Fsp3) is 0.111. The third kappa shape index (κ3) is 3.55. The summed E-state index contributed by atoms with van der Waals surface area (Å²) in [6.45, 7) is 0. The van der Waals surface area contributed by atoms with Crippen LogP contribution in [0.5, 0.6) is 11.5 Å². The van der Waals surface area contributed by atoms with Crippen molar-refractivity contribution in [2.45, 2.75) is 0 Å². The standard InChI is InChI=1S/C18H16O6/c1-23-15-8-7-11(10-16(15)24-2)9-14(18(21)22)12-5-3-4-6-13(12)17(19)20/h3-10H,1-2H3,(H,19,20)(H,21,22)/b14-9-. The van der Waals surface area contributed by atoms with Gasteiger partial charge in [-0.1, -0.05) is 24.3 Å². The average Bonchev–Trinajstić information content (AvgIpc) is 2.59. The lowest BCUT2D eigenvalue weighted by Crippen LogP contribution is -2.07. The molecule has 24 heavy (non-hydrogen) atoms. The first-order valence-electron chi connectivity index (χ1n) is 6.97. The first-order chi connectivity index (χ1) is 11.5. The van der Waals surface area contributed by atoms with E-state index < -0.39 is 11.9 Å². The van der Waals surface area contributed by atoms with E-state index in [9.17, 15) is 19.8 Å². The molecule has 0 aliphatic carbocycles. The van der Waals surface area contributed by atoms with Crippen LogP contribution in [0.1, 0.15) is 21.5 Å². The molecule has 0 spiro atoms. The highest BCUT2D eigenvalue weighted by atomic mass is 16.5. The minimum Gasteiger partial charge on any atom is -0.493 e. The van der Waals surface area contributed by atoms with Crippen LogP contribution in [0.2, 0.25) is 0 Å². The molecule has 0 aliphatic heterocycles. The van der Waals surface area contributed by atoms with Crippen molar-refractivity contribution >= 4 is 23.6 Å². The second-order valence-electron chi connectivity index (χ2n) is 4.83. The number of methoxy groups -OCH3 is 2. The Hall–Kier alpha value is -3.28. The summed E-state index contributed by atoms with van der Waals surface area (Å²) in [5.41, 5.74) is 0.476. The van der Waals surface area contributed by atoms with Gasteiger partial charge in [0, 0.05) is 5.56 Å². The minimum absolute atomic E-state index is 0.0772. The Morgan fingerprint density at radius 2 is 1.54 bits per heavy atom. The van der Waals surface area contributed by atoms with E-state index in [4.69, 9.17) is 9.47 Å². The zero-order valence-corrected chi connectivity index (χ0v) is 13.1. The number of carboxylic acid groups (broad SMARTS) is 2. The molecule has 0 radical (unpaired) electrons. The average molecular weight is 328 g/mol. The van der Waals surface area contributed by atoms with Crippen LogP contribution in [-0.4, -0.2) is 36.4 Å². The van der Waals surface area contributed by atoms with Crippen LogP contribution in [0.3, 0.4) is 0 Å². The summed E-state index contributed by atoms with van der Waals surface area (Å²) in [5, 5.41) is 18.8. The van der Waals surface area contributed by atoms with Gasteiger partial charge in [-0.25, -0.2) is 9.59 Å². The van der Waals surface area contributed by atoms with Crippen molar-refractivity contribution in [1.82, 2.24) is 0 Å². The van der Waals surface area contributed by atoms with E-state index in [0.717, 1.165) is 0 Å². The van der Waals surface area contributed by atoms with Crippen molar-refractivity contribution < 1.29 is 29.3 Å². The maximum atomic E-state index is 11.6. The normalized spacial score (nSPS) is 11.0. The molecule has 2 aromatic rings. The van der Waals surface area contributed by atoms with Gasteiger partial charge in [0.05, 0.1) is 25.4 Å². The summed E-state index contributed by atoms with van der Waals surface area (Å²) in [7, 11) is 2.97.